The third-order valence-corrected chi connectivity index (χ3v) is 3.75. The zero-order chi connectivity index (χ0) is 16.7. The van der Waals surface area contributed by atoms with E-state index >= 15 is 0 Å². The molecule has 1 saturated heterocycles. The molecule has 0 saturated carbocycles. The summed E-state index contributed by atoms with van der Waals surface area (Å²) in [7, 11) is 1.76. The van der Waals surface area contributed by atoms with Gasteiger partial charge in [0.25, 0.3) is 0 Å². The number of aliphatic imine (C=N–C) groups is 1. The molecule has 2 rings (SSSR count). The van der Waals surface area contributed by atoms with Crippen LogP contribution in [0.1, 0.15) is 32.4 Å². The highest BCUT2D eigenvalue weighted by Crippen LogP contribution is 2.22. The number of oxazole rings is 1. The fourth-order valence-electron chi connectivity index (χ4n) is 2.28. The van der Waals surface area contributed by atoms with Gasteiger partial charge in [0.1, 0.15) is 5.76 Å². The molecule has 1 aliphatic heterocycles. The van der Waals surface area contributed by atoms with Crippen LogP contribution in [0.4, 0.5) is 0 Å². The van der Waals surface area contributed by atoms with Crippen molar-refractivity contribution in [2.75, 3.05) is 46.4 Å². The summed E-state index contributed by atoms with van der Waals surface area (Å²) in [6.45, 7) is 12.3. The Morgan fingerprint density at radius 1 is 1.30 bits per heavy atom. The molecule has 0 bridgehead atoms. The predicted molar refractivity (Wildman–Crippen MR) is 90.7 cm³/mol. The first-order chi connectivity index (χ1) is 11.0. The summed E-state index contributed by atoms with van der Waals surface area (Å²) in [4.78, 5) is 10.9. The van der Waals surface area contributed by atoms with Crippen LogP contribution in [-0.4, -0.2) is 62.3 Å². The Kier molecular flexibility index (Phi) is 6.41. The smallest absolute Gasteiger partial charge is 0.213 e. The Balaban J connectivity index is 1.71. The normalized spacial score (nSPS) is 17.3. The van der Waals surface area contributed by atoms with Gasteiger partial charge in [-0.1, -0.05) is 20.8 Å². The quantitative estimate of drug-likeness (QED) is 0.621. The van der Waals surface area contributed by atoms with E-state index in [0.717, 1.165) is 51.1 Å². The van der Waals surface area contributed by atoms with Gasteiger partial charge in [0.05, 0.1) is 26.0 Å². The molecule has 0 radical (unpaired) electrons. The van der Waals surface area contributed by atoms with Gasteiger partial charge in [0.15, 0.2) is 5.96 Å². The molecule has 0 amide bonds. The van der Waals surface area contributed by atoms with E-state index in [1.165, 1.54) is 0 Å². The molecule has 0 unspecified atom stereocenters. The summed E-state index contributed by atoms with van der Waals surface area (Å²) in [5, 5.41) is 6.54. The minimum Gasteiger partial charge on any atom is -0.443 e. The van der Waals surface area contributed by atoms with Crippen LogP contribution in [0.5, 0.6) is 0 Å². The standard InChI is InChI=1S/C16H29N5O2/c1-16(2,3)13-11-19-14(23-13)12-20-15(17-4)18-5-6-21-7-9-22-10-8-21/h11H,5-10,12H2,1-4H3,(H2,17,18,20). The summed E-state index contributed by atoms with van der Waals surface area (Å²) in [5.74, 6) is 2.32. The van der Waals surface area contributed by atoms with Crippen molar-refractivity contribution in [3.63, 3.8) is 0 Å². The van der Waals surface area contributed by atoms with E-state index in [9.17, 15) is 0 Å². The minimum atomic E-state index is -0.0245. The molecule has 1 aliphatic rings. The van der Waals surface area contributed by atoms with Gasteiger partial charge >= 0.3 is 0 Å². The molecule has 1 aromatic rings. The fraction of sp³-hybridized carbons (Fsp3) is 0.750. The Morgan fingerprint density at radius 2 is 2.04 bits per heavy atom. The number of aromatic nitrogens is 1. The van der Waals surface area contributed by atoms with Crippen molar-refractivity contribution < 1.29 is 9.15 Å². The average molecular weight is 323 g/mol. The lowest BCUT2D eigenvalue weighted by molar-refractivity contribution is 0.0389. The van der Waals surface area contributed by atoms with Gasteiger partial charge in [0.2, 0.25) is 5.89 Å². The van der Waals surface area contributed by atoms with Crippen molar-refractivity contribution in [1.82, 2.24) is 20.5 Å². The Labute approximate surface area is 138 Å². The number of rotatable bonds is 5. The van der Waals surface area contributed by atoms with Crippen LogP contribution in [0.2, 0.25) is 0 Å². The van der Waals surface area contributed by atoms with Crippen molar-refractivity contribution in [3.8, 4) is 0 Å². The Morgan fingerprint density at radius 3 is 2.65 bits per heavy atom. The van der Waals surface area contributed by atoms with Crippen LogP contribution in [0, 0.1) is 0 Å². The molecule has 0 aliphatic carbocycles. The minimum absolute atomic E-state index is 0.0245. The highest BCUT2D eigenvalue weighted by molar-refractivity contribution is 5.79. The van der Waals surface area contributed by atoms with Crippen LogP contribution < -0.4 is 10.6 Å². The second kappa shape index (κ2) is 8.31. The van der Waals surface area contributed by atoms with Gasteiger partial charge in [-0.25, -0.2) is 4.98 Å². The number of hydrogen-bond donors (Lipinski definition) is 2. The summed E-state index contributed by atoms with van der Waals surface area (Å²) in [6, 6.07) is 0. The molecule has 23 heavy (non-hydrogen) atoms. The third kappa shape index (κ3) is 5.84. The molecular weight excluding hydrogens is 294 g/mol. The number of ether oxygens (including phenoxy) is 1. The van der Waals surface area contributed by atoms with Crippen LogP contribution in [0.25, 0.3) is 0 Å². The lowest BCUT2D eigenvalue weighted by Gasteiger charge is -2.26. The number of nitrogens with one attached hydrogen (secondary N) is 2. The first-order valence-electron chi connectivity index (χ1n) is 8.19. The van der Waals surface area contributed by atoms with Gasteiger partial charge in [-0.15, -0.1) is 0 Å². The maximum atomic E-state index is 5.76. The lowest BCUT2D eigenvalue weighted by atomic mass is 9.94. The molecule has 7 heteroatoms. The first kappa shape index (κ1) is 17.7. The van der Waals surface area contributed by atoms with E-state index in [2.05, 4.69) is 46.3 Å². The molecule has 0 aromatic carbocycles. The summed E-state index contributed by atoms with van der Waals surface area (Å²) in [5.41, 5.74) is -0.0245. The number of hydrogen-bond acceptors (Lipinski definition) is 5. The van der Waals surface area contributed by atoms with E-state index in [-0.39, 0.29) is 5.41 Å². The van der Waals surface area contributed by atoms with Crippen molar-refractivity contribution in [2.45, 2.75) is 32.7 Å². The van der Waals surface area contributed by atoms with Crippen LogP contribution in [0.15, 0.2) is 15.6 Å². The molecule has 130 valence electrons. The monoisotopic (exact) mass is 323 g/mol. The summed E-state index contributed by atoms with van der Waals surface area (Å²) >= 11 is 0. The van der Waals surface area contributed by atoms with E-state index in [1.54, 1.807) is 13.2 Å². The molecule has 0 atom stereocenters. The Hall–Kier alpha value is -1.60. The molecule has 1 fully saturated rings. The molecule has 1 aromatic heterocycles. The van der Waals surface area contributed by atoms with E-state index < -0.39 is 0 Å². The number of nitrogens with zero attached hydrogens (tertiary/aromatic N) is 3. The van der Waals surface area contributed by atoms with Crippen LogP contribution in [-0.2, 0) is 16.7 Å². The van der Waals surface area contributed by atoms with Crippen LogP contribution in [0.3, 0.4) is 0 Å². The van der Waals surface area contributed by atoms with Gasteiger partial charge in [-0.2, -0.15) is 0 Å². The third-order valence-electron chi connectivity index (χ3n) is 3.75. The number of morpholine rings is 1. The van der Waals surface area contributed by atoms with Crippen molar-refractivity contribution in [1.29, 1.82) is 0 Å². The molecule has 2 N–H and O–H groups in total. The van der Waals surface area contributed by atoms with Gasteiger partial charge in [-0.05, 0) is 0 Å². The van der Waals surface area contributed by atoms with Gasteiger partial charge in [0, 0.05) is 38.6 Å². The second-order valence-corrected chi connectivity index (χ2v) is 6.67. The van der Waals surface area contributed by atoms with E-state index in [4.69, 9.17) is 9.15 Å². The first-order valence-corrected chi connectivity index (χ1v) is 8.19. The Bertz CT molecular complexity index is 501. The maximum absolute atomic E-state index is 5.76. The second-order valence-electron chi connectivity index (χ2n) is 6.67. The fourth-order valence-corrected chi connectivity index (χ4v) is 2.28. The van der Waals surface area contributed by atoms with Crippen molar-refractivity contribution in [2.24, 2.45) is 4.99 Å². The summed E-state index contributed by atoms with van der Waals surface area (Å²) < 4.78 is 11.1. The largest absolute Gasteiger partial charge is 0.443 e. The van der Waals surface area contributed by atoms with Gasteiger partial charge in [-0.3, -0.25) is 9.89 Å². The van der Waals surface area contributed by atoms with Gasteiger partial charge < -0.3 is 19.8 Å². The SMILES string of the molecule is CN=C(NCCN1CCOCC1)NCc1ncc(C(C)(C)C)o1. The van der Waals surface area contributed by atoms with Crippen molar-refractivity contribution >= 4 is 5.96 Å². The highest BCUT2D eigenvalue weighted by atomic mass is 16.5. The number of guanidine groups is 1. The van der Waals surface area contributed by atoms with Crippen molar-refractivity contribution in [3.05, 3.63) is 17.8 Å². The predicted octanol–water partition coefficient (Wildman–Crippen LogP) is 0.969. The zero-order valence-electron chi connectivity index (χ0n) is 14.7. The van der Waals surface area contributed by atoms with E-state index in [1.807, 2.05) is 0 Å². The molecular formula is C16H29N5O2. The topological polar surface area (TPSA) is 74.9 Å². The van der Waals surface area contributed by atoms with E-state index in [0.29, 0.717) is 12.4 Å². The molecule has 2 heterocycles. The zero-order valence-corrected chi connectivity index (χ0v) is 14.7. The molecule has 7 nitrogen and oxygen atoms in total. The average Bonchev–Trinajstić information content (AvgIpc) is 3.01. The lowest BCUT2D eigenvalue weighted by Crippen LogP contribution is -2.44. The maximum Gasteiger partial charge on any atom is 0.213 e. The highest BCUT2D eigenvalue weighted by Gasteiger charge is 2.19. The van der Waals surface area contributed by atoms with Crippen LogP contribution >= 0.6 is 0 Å². The molecule has 0 spiro atoms. The summed E-state index contributed by atoms with van der Waals surface area (Å²) in [6.07, 6.45) is 1.80.